The molecule has 4 nitrogen and oxygen atoms in total. The zero-order valence-electron chi connectivity index (χ0n) is 13.0. The third kappa shape index (κ3) is 11.0. The van der Waals surface area contributed by atoms with Crippen LogP contribution in [-0.2, 0) is 9.53 Å². The molecule has 114 valence electrons. The summed E-state index contributed by atoms with van der Waals surface area (Å²) in [7, 11) is 3.44. The van der Waals surface area contributed by atoms with Gasteiger partial charge in [-0.3, -0.25) is 4.79 Å². The van der Waals surface area contributed by atoms with E-state index >= 15 is 0 Å². The number of likely N-dealkylation sites (N-methyl/N-ethyl adjacent to an activating group) is 1. The number of nitrogens with two attached hydrogens (primary N) is 1. The van der Waals surface area contributed by atoms with Gasteiger partial charge < -0.3 is 15.4 Å². The van der Waals surface area contributed by atoms with Gasteiger partial charge in [0.25, 0.3) is 0 Å². The standard InChI is InChI=1S/C15H32N2O2/c1-4-5-6-7-8-9-10-11-15(18)17(2)12-14(16)13-19-3/h14H,4-13,16H2,1-3H3. The summed E-state index contributed by atoms with van der Waals surface area (Å²) in [5.74, 6) is 0.195. The smallest absolute Gasteiger partial charge is 0.222 e. The molecule has 0 aromatic rings. The fraction of sp³-hybridized carbons (Fsp3) is 0.933. The molecule has 0 aliphatic heterocycles. The van der Waals surface area contributed by atoms with Crippen LogP contribution in [-0.4, -0.2) is 44.2 Å². The lowest BCUT2D eigenvalue weighted by Crippen LogP contribution is -2.41. The van der Waals surface area contributed by atoms with Gasteiger partial charge in [0.2, 0.25) is 5.91 Å². The minimum Gasteiger partial charge on any atom is -0.383 e. The highest BCUT2D eigenvalue weighted by Crippen LogP contribution is 2.09. The van der Waals surface area contributed by atoms with Gasteiger partial charge in [-0.05, 0) is 6.42 Å². The molecule has 0 aromatic carbocycles. The molecule has 0 radical (unpaired) electrons. The highest BCUT2D eigenvalue weighted by atomic mass is 16.5. The third-order valence-corrected chi connectivity index (χ3v) is 3.31. The Balaban J connectivity index is 3.51. The van der Waals surface area contributed by atoms with E-state index in [1.807, 2.05) is 7.05 Å². The van der Waals surface area contributed by atoms with Gasteiger partial charge in [-0.1, -0.05) is 45.4 Å². The molecule has 0 rings (SSSR count). The van der Waals surface area contributed by atoms with E-state index in [2.05, 4.69) is 6.92 Å². The highest BCUT2D eigenvalue weighted by Gasteiger charge is 2.12. The molecular weight excluding hydrogens is 240 g/mol. The molecule has 0 aromatic heterocycles. The van der Waals surface area contributed by atoms with Crippen molar-refractivity contribution in [3.05, 3.63) is 0 Å². The van der Waals surface area contributed by atoms with Gasteiger partial charge in [0.05, 0.1) is 6.61 Å². The van der Waals surface area contributed by atoms with Crippen LogP contribution >= 0.6 is 0 Å². The van der Waals surface area contributed by atoms with E-state index in [4.69, 9.17) is 10.5 Å². The zero-order valence-corrected chi connectivity index (χ0v) is 13.0. The minimum absolute atomic E-state index is 0.0898. The Kier molecular flexibility index (Phi) is 12.0. The molecule has 4 heteroatoms. The van der Waals surface area contributed by atoms with Crippen molar-refractivity contribution in [2.24, 2.45) is 5.73 Å². The first-order valence-electron chi connectivity index (χ1n) is 7.60. The van der Waals surface area contributed by atoms with Crippen LogP contribution in [0.5, 0.6) is 0 Å². The fourth-order valence-electron chi connectivity index (χ4n) is 2.14. The van der Waals surface area contributed by atoms with E-state index in [1.165, 1.54) is 32.1 Å². The van der Waals surface area contributed by atoms with Gasteiger partial charge in [0.15, 0.2) is 0 Å². The van der Waals surface area contributed by atoms with Gasteiger partial charge >= 0.3 is 0 Å². The number of nitrogens with zero attached hydrogens (tertiary/aromatic N) is 1. The van der Waals surface area contributed by atoms with Gasteiger partial charge in [0, 0.05) is 33.2 Å². The van der Waals surface area contributed by atoms with Crippen LogP contribution in [0.4, 0.5) is 0 Å². The minimum atomic E-state index is -0.0898. The number of rotatable bonds is 12. The summed E-state index contributed by atoms with van der Waals surface area (Å²) in [5.41, 5.74) is 5.83. The number of carbonyl (C=O) groups excluding carboxylic acids is 1. The van der Waals surface area contributed by atoms with Crippen molar-refractivity contribution >= 4 is 5.91 Å². The topological polar surface area (TPSA) is 55.6 Å². The maximum absolute atomic E-state index is 11.8. The van der Waals surface area contributed by atoms with E-state index in [0.29, 0.717) is 19.6 Å². The number of hydrogen-bond donors (Lipinski definition) is 1. The average molecular weight is 272 g/mol. The number of amides is 1. The second-order valence-electron chi connectivity index (χ2n) is 5.36. The molecular formula is C15H32N2O2. The van der Waals surface area contributed by atoms with Crippen molar-refractivity contribution in [3.8, 4) is 0 Å². The van der Waals surface area contributed by atoms with Gasteiger partial charge in [-0.2, -0.15) is 0 Å². The largest absolute Gasteiger partial charge is 0.383 e. The summed E-state index contributed by atoms with van der Waals surface area (Å²) in [6.07, 6.45) is 9.29. The van der Waals surface area contributed by atoms with E-state index < -0.39 is 0 Å². The van der Waals surface area contributed by atoms with Crippen molar-refractivity contribution in [1.29, 1.82) is 0 Å². The Morgan fingerprint density at radius 2 is 1.74 bits per heavy atom. The number of ether oxygens (including phenoxy) is 1. The van der Waals surface area contributed by atoms with Crippen LogP contribution in [0, 0.1) is 0 Å². The number of unbranched alkanes of at least 4 members (excludes halogenated alkanes) is 6. The van der Waals surface area contributed by atoms with Crippen LogP contribution in [0.15, 0.2) is 0 Å². The number of carbonyl (C=O) groups is 1. The fourth-order valence-corrected chi connectivity index (χ4v) is 2.14. The van der Waals surface area contributed by atoms with E-state index in [0.717, 1.165) is 12.8 Å². The number of hydrogen-bond acceptors (Lipinski definition) is 3. The van der Waals surface area contributed by atoms with Gasteiger partial charge in [0.1, 0.15) is 0 Å². The first-order valence-corrected chi connectivity index (χ1v) is 7.60. The molecule has 1 unspecified atom stereocenters. The Labute approximate surface area is 118 Å². The lowest BCUT2D eigenvalue weighted by Gasteiger charge is -2.21. The van der Waals surface area contributed by atoms with Crippen LogP contribution in [0.25, 0.3) is 0 Å². The van der Waals surface area contributed by atoms with Crippen LogP contribution < -0.4 is 5.73 Å². The molecule has 2 N–H and O–H groups in total. The SMILES string of the molecule is CCCCCCCCCC(=O)N(C)CC(N)COC. The Bertz CT molecular complexity index is 222. The van der Waals surface area contributed by atoms with Crippen molar-refractivity contribution in [3.63, 3.8) is 0 Å². The molecule has 0 saturated heterocycles. The third-order valence-electron chi connectivity index (χ3n) is 3.31. The zero-order chi connectivity index (χ0) is 14.5. The summed E-state index contributed by atoms with van der Waals surface area (Å²) in [6, 6.07) is -0.0898. The van der Waals surface area contributed by atoms with Crippen molar-refractivity contribution in [2.75, 3.05) is 27.3 Å². The van der Waals surface area contributed by atoms with Crippen molar-refractivity contribution in [1.82, 2.24) is 4.90 Å². The predicted octanol–water partition coefficient (Wildman–Crippen LogP) is 2.56. The molecule has 0 aliphatic carbocycles. The summed E-state index contributed by atoms with van der Waals surface area (Å²) in [6.45, 7) is 3.29. The molecule has 1 amide bonds. The molecule has 0 aliphatic rings. The molecule has 0 bridgehead atoms. The summed E-state index contributed by atoms with van der Waals surface area (Å²) in [4.78, 5) is 13.6. The summed E-state index contributed by atoms with van der Waals surface area (Å²) >= 11 is 0. The molecule has 0 heterocycles. The summed E-state index contributed by atoms with van der Waals surface area (Å²) in [5, 5.41) is 0. The average Bonchev–Trinajstić information content (AvgIpc) is 2.37. The van der Waals surface area contributed by atoms with Crippen LogP contribution in [0.3, 0.4) is 0 Å². The summed E-state index contributed by atoms with van der Waals surface area (Å²) < 4.78 is 4.97. The lowest BCUT2D eigenvalue weighted by molar-refractivity contribution is -0.130. The van der Waals surface area contributed by atoms with E-state index in [-0.39, 0.29) is 11.9 Å². The molecule has 0 saturated carbocycles. The maximum atomic E-state index is 11.8. The second-order valence-corrected chi connectivity index (χ2v) is 5.36. The normalized spacial score (nSPS) is 12.4. The quantitative estimate of drug-likeness (QED) is 0.556. The molecule has 0 fully saturated rings. The molecule has 0 spiro atoms. The van der Waals surface area contributed by atoms with Crippen LogP contribution in [0.2, 0.25) is 0 Å². The first kappa shape index (κ1) is 18.4. The molecule has 1 atom stereocenters. The first-order chi connectivity index (χ1) is 9.11. The van der Waals surface area contributed by atoms with Crippen molar-refractivity contribution < 1.29 is 9.53 Å². The maximum Gasteiger partial charge on any atom is 0.222 e. The number of methoxy groups -OCH3 is 1. The second kappa shape index (κ2) is 12.4. The van der Waals surface area contributed by atoms with Gasteiger partial charge in [-0.15, -0.1) is 0 Å². The lowest BCUT2D eigenvalue weighted by atomic mass is 10.1. The Morgan fingerprint density at radius 1 is 1.16 bits per heavy atom. The van der Waals surface area contributed by atoms with E-state index in [9.17, 15) is 4.79 Å². The monoisotopic (exact) mass is 272 g/mol. The predicted molar refractivity (Wildman–Crippen MR) is 80.1 cm³/mol. The van der Waals surface area contributed by atoms with Crippen LogP contribution in [0.1, 0.15) is 58.3 Å². The van der Waals surface area contributed by atoms with Crippen molar-refractivity contribution in [2.45, 2.75) is 64.3 Å². The Hall–Kier alpha value is -0.610. The molecule has 19 heavy (non-hydrogen) atoms. The Morgan fingerprint density at radius 3 is 2.32 bits per heavy atom. The highest BCUT2D eigenvalue weighted by molar-refractivity contribution is 5.75. The van der Waals surface area contributed by atoms with E-state index in [1.54, 1.807) is 12.0 Å². The van der Waals surface area contributed by atoms with Gasteiger partial charge in [-0.25, -0.2) is 0 Å².